The first-order valence-electron chi connectivity index (χ1n) is 9.24. The number of methoxy groups -OCH3 is 1. The van der Waals surface area contributed by atoms with Crippen molar-refractivity contribution < 1.29 is 14.3 Å². The van der Waals surface area contributed by atoms with Crippen molar-refractivity contribution in [2.24, 2.45) is 0 Å². The van der Waals surface area contributed by atoms with Crippen LogP contribution in [0.4, 0.5) is 0 Å². The normalized spacial score (nSPS) is 11.0. The number of hydrogen-bond donors (Lipinski definition) is 0. The maximum Gasteiger partial charge on any atom is 0.328 e. The van der Waals surface area contributed by atoms with Gasteiger partial charge in [0.05, 0.1) is 18.2 Å². The molecule has 0 radical (unpaired) electrons. The minimum Gasteiger partial charge on any atom is -0.497 e. The molecule has 1 heterocycles. The van der Waals surface area contributed by atoms with Gasteiger partial charge in [-0.1, -0.05) is 36.4 Å². The number of benzene rings is 3. The van der Waals surface area contributed by atoms with Crippen LogP contribution in [-0.4, -0.2) is 22.9 Å². The molecule has 6 heteroatoms. The number of fused-ring (bicyclic) bond motifs is 2. The third kappa shape index (κ3) is 3.82. The molecule has 0 aliphatic heterocycles. The summed E-state index contributed by atoms with van der Waals surface area (Å²) in [7, 11) is 1.63. The molecule has 4 aromatic rings. The van der Waals surface area contributed by atoms with Crippen molar-refractivity contribution >= 4 is 27.5 Å². The minimum atomic E-state index is -0.510. The Morgan fingerprint density at radius 3 is 2.52 bits per heavy atom. The van der Waals surface area contributed by atoms with Crippen LogP contribution in [0.5, 0.6) is 5.75 Å². The highest BCUT2D eigenvalue weighted by Gasteiger charge is 2.12. The smallest absolute Gasteiger partial charge is 0.328 e. The fourth-order valence-electron chi connectivity index (χ4n) is 3.33. The second-order valence-corrected chi connectivity index (χ2v) is 6.80. The van der Waals surface area contributed by atoms with Crippen molar-refractivity contribution in [1.82, 2.24) is 9.78 Å². The number of carbonyl (C=O) groups excluding carboxylic acids is 1. The summed E-state index contributed by atoms with van der Waals surface area (Å²) in [6.07, 6.45) is 0. The van der Waals surface area contributed by atoms with Gasteiger partial charge < -0.3 is 9.47 Å². The molecule has 0 N–H and O–H groups in total. The van der Waals surface area contributed by atoms with Crippen LogP contribution in [-0.2, 0) is 22.7 Å². The molecule has 0 bridgehead atoms. The molecule has 0 unspecified atom stereocenters. The molecule has 0 amide bonds. The molecule has 0 saturated carbocycles. The lowest BCUT2D eigenvalue weighted by Gasteiger charge is -2.10. The Morgan fingerprint density at radius 2 is 1.72 bits per heavy atom. The van der Waals surface area contributed by atoms with Crippen LogP contribution in [0.15, 0.2) is 65.5 Å². The molecule has 0 aliphatic rings. The number of ether oxygens (including phenoxy) is 2. The molecule has 0 saturated heterocycles. The maximum absolute atomic E-state index is 12.6. The number of aryl methyl sites for hydroxylation is 1. The second-order valence-electron chi connectivity index (χ2n) is 6.80. The predicted octanol–water partition coefficient (Wildman–Crippen LogP) is 3.61. The maximum atomic E-state index is 12.6. The zero-order valence-corrected chi connectivity index (χ0v) is 16.2. The fourth-order valence-corrected chi connectivity index (χ4v) is 3.33. The Hall–Kier alpha value is -3.67. The van der Waals surface area contributed by atoms with Crippen LogP contribution < -0.4 is 10.3 Å². The number of aromatic nitrogens is 2. The fraction of sp³-hybridized carbons (Fsp3) is 0.174. The molecular formula is C23H20N2O4. The molecule has 4 rings (SSSR count). The lowest BCUT2D eigenvalue weighted by atomic mass is 10.1. The van der Waals surface area contributed by atoms with Crippen molar-refractivity contribution in [1.29, 1.82) is 0 Å². The molecule has 3 aromatic carbocycles. The highest BCUT2D eigenvalue weighted by molar-refractivity contribution is 5.85. The summed E-state index contributed by atoms with van der Waals surface area (Å²) in [5.74, 6) is 0.282. The summed E-state index contributed by atoms with van der Waals surface area (Å²) in [5.41, 5.74) is 1.26. The average molecular weight is 388 g/mol. The van der Waals surface area contributed by atoms with Crippen molar-refractivity contribution in [3.05, 3.63) is 82.3 Å². The predicted molar refractivity (Wildman–Crippen MR) is 111 cm³/mol. The second kappa shape index (κ2) is 7.75. The Labute approximate surface area is 167 Å². The molecular weight excluding hydrogens is 368 g/mol. The van der Waals surface area contributed by atoms with E-state index in [2.05, 4.69) is 5.10 Å². The molecule has 0 spiro atoms. The van der Waals surface area contributed by atoms with E-state index in [1.807, 2.05) is 55.5 Å². The van der Waals surface area contributed by atoms with E-state index >= 15 is 0 Å². The van der Waals surface area contributed by atoms with Gasteiger partial charge >= 0.3 is 5.97 Å². The molecule has 146 valence electrons. The van der Waals surface area contributed by atoms with Gasteiger partial charge in [0.2, 0.25) is 0 Å². The lowest BCUT2D eigenvalue weighted by Crippen LogP contribution is -2.28. The first-order chi connectivity index (χ1) is 14.0. The topological polar surface area (TPSA) is 70.4 Å². The summed E-state index contributed by atoms with van der Waals surface area (Å²) < 4.78 is 11.8. The van der Waals surface area contributed by atoms with Gasteiger partial charge in [-0.15, -0.1) is 0 Å². The monoisotopic (exact) mass is 388 g/mol. The quantitative estimate of drug-likeness (QED) is 0.489. The molecule has 0 atom stereocenters. The zero-order chi connectivity index (χ0) is 20.4. The van der Waals surface area contributed by atoms with Crippen LogP contribution in [0.1, 0.15) is 11.3 Å². The summed E-state index contributed by atoms with van der Waals surface area (Å²) >= 11 is 0. The zero-order valence-electron chi connectivity index (χ0n) is 16.2. The molecule has 1 aromatic heterocycles. The van der Waals surface area contributed by atoms with Crippen LogP contribution in [0.3, 0.4) is 0 Å². The lowest BCUT2D eigenvalue weighted by molar-refractivity contribution is -0.146. The third-order valence-electron chi connectivity index (χ3n) is 4.84. The van der Waals surface area contributed by atoms with Gasteiger partial charge in [0, 0.05) is 5.39 Å². The first kappa shape index (κ1) is 18.7. The molecule has 29 heavy (non-hydrogen) atoms. The summed E-state index contributed by atoms with van der Waals surface area (Å²) in [6, 6.07) is 18.8. The SMILES string of the molecule is COc1ccc2cc(COC(=O)Cn3nc(C)c4ccccc4c3=O)ccc2c1. The van der Waals surface area contributed by atoms with E-state index in [-0.39, 0.29) is 18.7 Å². The first-order valence-corrected chi connectivity index (χ1v) is 9.24. The molecule has 0 fully saturated rings. The van der Waals surface area contributed by atoms with E-state index in [1.165, 1.54) is 0 Å². The number of rotatable bonds is 5. The van der Waals surface area contributed by atoms with Crippen molar-refractivity contribution in [2.75, 3.05) is 7.11 Å². The Balaban J connectivity index is 1.48. The Kier molecular flexibility index (Phi) is 4.99. The third-order valence-corrected chi connectivity index (χ3v) is 4.84. The van der Waals surface area contributed by atoms with Gasteiger partial charge in [-0.05, 0) is 47.5 Å². The van der Waals surface area contributed by atoms with E-state index < -0.39 is 5.97 Å². The van der Waals surface area contributed by atoms with E-state index in [0.717, 1.165) is 32.2 Å². The van der Waals surface area contributed by atoms with E-state index in [4.69, 9.17) is 9.47 Å². The molecule has 6 nitrogen and oxygen atoms in total. The van der Waals surface area contributed by atoms with Gasteiger partial charge in [0.15, 0.2) is 0 Å². The summed E-state index contributed by atoms with van der Waals surface area (Å²) in [6.45, 7) is 1.71. The van der Waals surface area contributed by atoms with E-state index in [9.17, 15) is 9.59 Å². The van der Waals surface area contributed by atoms with Crippen LogP contribution >= 0.6 is 0 Å². The number of carbonyl (C=O) groups is 1. The van der Waals surface area contributed by atoms with Crippen LogP contribution in [0.2, 0.25) is 0 Å². The van der Waals surface area contributed by atoms with Gasteiger partial charge in [-0.3, -0.25) is 9.59 Å². The average Bonchev–Trinajstić information content (AvgIpc) is 2.75. The standard InChI is InChI=1S/C23H20N2O4/c1-15-20-5-3-4-6-21(20)23(27)25(24-15)13-22(26)29-14-16-7-8-18-12-19(28-2)10-9-17(18)11-16/h3-12H,13-14H2,1-2H3. The number of esters is 1. The summed E-state index contributed by atoms with van der Waals surface area (Å²) in [4.78, 5) is 24.9. The number of hydrogen-bond acceptors (Lipinski definition) is 5. The Morgan fingerprint density at radius 1 is 1.00 bits per heavy atom. The number of nitrogens with zero attached hydrogens (tertiary/aromatic N) is 2. The van der Waals surface area contributed by atoms with Gasteiger partial charge in [0.1, 0.15) is 18.9 Å². The van der Waals surface area contributed by atoms with Crippen molar-refractivity contribution in [3.8, 4) is 5.75 Å². The van der Waals surface area contributed by atoms with E-state index in [1.54, 1.807) is 19.2 Å². The van der Waals surface area contributed by atoms with Gasteiger partial charge in [-0.25, -0.2) is 4.68 Å². The van der Waals surface area contributed by atoms with Crippen molar-refractivity contribution in [3.63, 3.8) is 0 Å². The van der Waals surface area contributed by atoms with Crippen molar-refractivity contribution in [2.45, 2.75) is 20.1 Å². The largest absolute Gasteiger partial charge is 0.497 e. The van der Waals surface area contributed by atoms with Gasteiger partial charge in [-0.2, -0.15) is 5.10 Å². The highest BCUT2D eigenvalue weighted by Crippen LogP contribution is 2.22. The minimum absolute atomic E-state index is 0.127. The van der Waals surface area contributed by atoms with Crippen LogP contribution in [0, 0.1) is 6.92 Å². The Bertz CT molecular complexity index is 1280. The van der Waals surface area contributed by atoms with Crippen LogP contribution in [0.25, 0.3) is 21.5 Å². The van der Waals surface area contributed by atoms with Gasteiger partial charge in [0.25, 0.3) is 5.56 Å². The van der Waals surface area contributed by atoms with E-state index in [0.29, 0.717) is 11.1 Å². The summed E-state index contributed by atoms with van der Waals surface area (Å²) in [5, 5.41) is 7.64. The highest BCUT2D eigenvalue weighted by atomic mass is 16.5. The molecule has 0 aliphatic carbocycles.